The second kappa shape index (κ2) is 3.71. The molecular formula is C8H14O2Si. The first-order chi connectivity index (χ1) is 4.83. The molecule has 0 bridgehead atoms. The summed E-state index contributed by atoms with van der Waals surface area (Å²) in [6, 6.07) is 0. The molecule has 0 rings (SSSR count). The van der Waals surface area contributed by atoms with Gasteiger partial charge in [-0.1, -0.05) is 27.4 Å². The maximum atomic E-state index is 10.9. The molecule has 0 aliphatic carbocycles. The highest BCUT2D eigenvalue weighted by atomic mass is 28.2. The van der Waals surface area contributed by atoms with Crippen molar-refractivity contribution < 1.29 is 9.22 Å². The van der Waals surface area contributed by atoms with Crippen molar-refractivity contribution in [3.8, 4) is 0 Å². The number of carbonyl (C=O) groups is 1. The van der Waals surface area contributed by atoms with Crippen molar-refractivity contribution >= 4 is 15.7 Å². The van der Waals surface area contributed by atoms with Crippen LogP contribution in [0.3, 0.4) is 0 Å². The summed E-state index contributed by atoms with van der Waals surface area (Å²) in [4.78, 5) is 10.9. The van der Waals surface area contributed by atoms with Gasteiger partial charge in [0.15, 0.2) is 0 Å². The largest absolute Gasteiger partial charge is 0.513 e. The lowest BCUT2D eigenvalue weighted by atomic mass is 10.3. The predicted octanol–water partition coefficient (Wildman–Crippen LogP) is 1.94. The van der Waals surface area contributed by atoms with Gasteiger partial charge in [0.2, 0.25) is 0 Å². The molecule has 0 unspecified atom stereocenters. The van der Waals surface area contributed by atoms with E-state index in [-0.39, 0.29) is 20.8 Å². The van der Waals surface area contributed by atoms with Crippen LogP contribution >= 0.6 is 0 Å². The van der Waals surface area contributed by atoms with Crippen LogP contribution in [0.5, 0.6) is 0 Å². The molecule has 0 aromatic carbocycles. The van der Waals surface area contributed by atoms with Gasteiger partial charge in [-0.15, -0.1) is 0 Å². The van der Waals surface area contributed by atoms with Crippen LogP contribution in [0, 0.1) is 0 Å². The second-order valence-corrected chi connectivity index (χ2v) is 5.43. The van der Waals surface area contributed by atoms with Gasteiger partial charge in [0, 0.05) is 5.57 Å². The van der Waals surface area contributed by atoms with Crippen LogP contribution in [0.1, 0.15) is 27.7 Å². The summed E-state index contributed by atoms with van der Waals surface area (Å²) in [5.41, 5.74) is 0.460. The van der Waals surface area contributed by atoms with Crippen molar-refractivity contribution in [2.75, 3.05) is 0 Å². The van der Waals surface area contributed by atoms with Crippen molar-refractivity contribution in [3.63, 3.8) is 0 Å². The van der Waals surface area contributed by atoms with Crippen molar-refractivity contribution in [2.24, 2.45) is 0 Å². The van der Waals surface area contributed by atoms with E-state index in [1.54, 1.807) is 6.92 Å². The molecule has 0 aliphatic heterocycles. The van der Waals surface area contributed by atoms with Crippen molar-refractivity contribution in [1.29, 1.82) is 0 Å². The molecule has 0 heterocycles. The molecule has 0 spiro atoms. The number of rotatable bonds is 2. The quantitative estimate of drug-likeness (QED) is 0.467. The lowest BCUT2D eigenvalue weighted by molar-refractivity contribution is -0.130. The molecule has 0 aromatic heterocycles. The average molecular weight is 170 g/mol. The van der Waals surface area contributed by atoms with E-state index in [9.17, 15) is 4.79 Å². The Morgan fingerprint density at radius 1 is 1.45 bits per heavy atom. The second-order valence-electron chi connectivity index (χ2n) is 3.52. The molecule has 0 saturated heterocycles. The van der Waals surface area contributed by atoms with Crippen LogP contribution in [-0.2, 0) is 9.22 Å². The van der Waals surface area contributed by atoms with E-state index in [2.05, 4.69) is 6.58 Å². The third kappa shape index (κ3) is 5.85. The lowest BCUT2D eigenvalue weighted by Crippen LogP contribution is -2.17. The first kappa shape index (κ1) is 10.4. The van der Waals surface area contributed by atoms with Gasteiger partial charge in [0.25, 0.3) is 0 Å². The zero-order valence-electron chi connectivity index (χ0n) is 7.52. The summed E-state index contributed by atoms with van der Waals surface area (Å²) < 4.78 is 4.96. The molecule has 0 amide bonds. The fraction of sp³-hybridized carbons (Fsp3) is 0.625. The van der Waals surface area contributed by atoms with E-state index >= 15 is 0 Å². The number of hydrogen-bond acceptors (Lipinski definition) is 2. The van der Waals surface area contributed by atoms with Crippen LogP contribution in [0.2, 0.25) is 5.04 Å². The summed E-state index contributed by atoms with van der Waals surface area (Å²) in [5, 5.41) is 0.0606. The smallest absolute Gasteiger partial charge is 0.321 e. The van der Waals surface area contributed by atoms with Gasteiger partial charge >= 0.3 is 15.7 Å². The Kier molecular flexibility index (Phi) is 3.52. The molecular weight excluding hydrogens is 156 g/mol. The monoisotopic (exact) mass is 170 g/mol. The Labute approximate surface area is 70.6 Å². The molecule has 0 aliphatic rings. The Bertz CT molecular complexity index is 167. The van der Waals surface area contributed by atoms with Gasteiger partial charge in [0.1, 0.15) is 0 Å². The Morgan fingerprint density at radius 2 is 1.91 bits per heavy atom. The molecule has 0 N–H and O–H groups in total. The maximum absolute atomic E-state index is 10.9. The predicted molar refractivity (Wildman–Crippen MR) is 46.4 cm³/mol. The van der Waals surface area contributed by atoms with E-state index in [4.69, 9.17) is 4.43 Å². The molecule has 0 saturated carbocycles. The molecule has 0 aromatic rings. The van der Waals surface area contributed by atoms with Crippen LogP contribution in [-0.4, -0.2) is 15.7 Å². The molecule has 11 heavy (non-hydrogen) atoms. The Morgan fingerprint density at radius 3 is 2.18 bits per heavy atom. The average Bonchev–Trinajstić information content (AvgIpc) is 1.80. The Hall–Kier alpha value is -0.573. The van der Waals surface area contributed by atoms with Crippen LogP contribution in [0.25, 0.3) is 0 Å². The van der Waals surface area contributed by atoms with E-state index in [0.29, 0.717) is 5.57 Å². The zero-order chi connectivity index (χ0) is 9.07. The first-order valence-electron chi connectivity index (χ1n) is 3.47. The molecule has 3 heteroatoms. The number of carbonyl (C=O) groups excluding carboxylic acids is 1. The summed E-state index contributed by atoms with van der Waals surface area (Å²) in [6.45, 7) is 11.2. The van der Waals surface area contributed by atoms with Crippen LogP contribution < -0.4 is 0 Å². The van der Waals surface area contributed by atoms with Gasteiger partial charge in [-0.3, -0.25) is 0 Å². The SMILES string of the molecule is C=C(C)C(=O)O[Si]C(C)(C)C. The normalized spacial score (nSPS) is 10.9. The summed E-state index contributed by atoms with van der Waals surface area (Å²) in [6.07, 6.45) is 0. The van der Waals surface area contributed by atoms with Crippen molar-refractivity contribution in [3.05, 3.63) is 12.2 Å². The van der Waals surface area contributed by atoms with E-state index in [1.165, 1.54) is 0 Å². The lowest BCUT2D eigenvalue weighted by Gasteiger charge is -2.14. The Balaban J connectivity index is 3.73. The summed E-state index contributed by atoms with van der Waals surface area (Å²) in [5.74, 6) is -0.293. The fourth-order valence-electron chi connectivity index (χ4n) is 0.287. The van der Waals surface area contributed by atoms with Crippen molar-refractivity contribution in [2.45, 2.75) is 32.7 Å². The summed E-state index contributed by atoms with van der Waals surface area (Å²) in [7, 11) is 0.204. The third-order valence-corrected chi connectivity index (χ3v) is 1.70. The molecule has 2 nitrogen and oxygen atoms in total. The van der Waals surface area contributed by atoms with Crippen LogP contribution in [0.15, 0.2) is 12.2 Å². The standard InChI is InChI=1S/C8H14O2Si/c1-6(2)7(9)10-11-8(3,4)5/h1H2,2-5H3. The minimum absolute atomic E-state index is 0.0606. The minimum Gasteiger partial charge on any atom is -0.513 e. The van der Waals surface area contributed by atoms with Gasteiger partial charge in [-0.25, -0.2) is 4.79 Å². The topological polar surface area (TPSA) is 26.3 Å². The van der Waals surface area contributed by atoms with Crippen molar-refractivity contribution in [1.82, 2.24) is 0 Å². The molecule has 2 radical (unpaired) electrons. The van der Waals surface area contributed by atoms with Crippen LogP contribution in [0.4, 0.5) is 0 Å². The van der Waals surface area contributed by atoms with E-state index < -0.39 is 0 Å². The highest BCUT2D eigenvalue weighted by Crippen LogP contribution is 2.20. The highest BCUT2D eigenvalue weighted by molar-refractivity contribution is 6.35. The maximum Gasteiger partial charge on any atom is 0.321 e. The highest BCUT2D eigenvalue weighted by Gasteiger charge is 2.17. The van der Waals surface area contributed by atoms with E-state index in [0.717, 1.165) is 0 Å². The fourth-order valence-corrected chi connectivity index (χ4v) is 0.860. The van der Waals surface area contributed by atoms with Gasteiger partial charge < -0.3 is 4.43 Å². The third-order valence-electron chi connectivity index (χ3n) is 0.798. The molecule has 62 valence electrons. The number of hydrogen-bond donors (Lipinski definition) is 0. The summed E-state index contributed by atoms with van der Waals surface area (Å²) >= 11 is 0. The first-order valence-corrected chi connectivity index (χ1v) is 4.37. The zero-order valence-corrected chi connectivity index (χ0v) is 8.52. The van der Waals surface area contributed by atoms with Gasteiger partial charge in [-0.05, 0) is 12.0 Å². The van der Waals surface area contributed by atoms with E-state index in [1.807, 2.05) is 20.8 Å². The van der Waals surface area contributed by atoms with Gasteiger partial charge in [0.05, 0.1) is 0 Å². The minimum atomic E-state index is -0.293. The molecule has 0 atom stereocenters. The van der Waals surface area contributed by atoms with Gasteiger partial charge in [-0.2, -0.15) is 0 Å². The molecule has 0 fully saturated rings.